The van der Waals surface area contributed by atoms with Crippen LogP contribution in [0, 0.1) is 0 Å². The van der Waals surface area contributed by atoms with E-state index in [0.717, 1.165) is 23.6 Å². The van der Waals surface area contributed by atoms with Gasteiger partial charge in [-0.1, -0.05) is 19.9 Å². The zero-order valence-corrected chi connectivity index (χ0v) is 10.4. The molecule has 2 rings (SSSR count). The molecular weight excluding hydrogens is 230 g/mol. The van der Waals surface area contributed by atoms with Crippen LogP contribution in [0.25, 0.3) is 10.9 Å². The maximum absolute atomic E-state index is 12.1. The summed E-state index contributed by atoms with van der Waals surface area (Å²) in [5, 5.41) is 9.91. The highest BCUT2D eigenvalue weighted by molar-refractivity contribution is 5.83. The fraction of sp³-hybridized carbons (Fsp3) is 0.286. The molecule has 1 heterocycles. The van der Waals surface area contributed by atoms with Gasteiger partial charge >= 0.3 is 0 Å². The zero-order chi connectivity index (χ0) is 13.3. The molecular formula is C14H15NO3. The van der Waals surface area contributed by atoms with Crippen molar-refractivity contribution >= 4 is 10.9 Å². The molecule has 0 aliphatic heterocycles. The third kappa shape index (κ3) is 1.90. The van der Waals surface area contributed by atoms with Crippen LogP contribution in [0.2, 0.25) is 0 Å². The van der Waals surface area contributed by atoms with E-state index in [-0.39, 0.29) is 5.43 Å². The Morgan fingerprint density at radius 1 is 1.17 bits per heavy atom. The van der Waals surface area contributed by atoms with Crippen molar-refractivity contribution in [3.63, 3.8) is 0 Å². The summed E-state index contributed by atoms with van der Waals surface area (Å²) >= 11 is 0. The van der Waals surface area contributed by atoms with Gasteiger partial charge < -0.3 is 10.1 Å². The van der Waals surface area contributed by atoms with Crippen molar-refractivity contribution in [2.24, 2.45) is 0 Å². The van der Waals surface area contributed by atoms with E-state index >= 15 is 0 Å². The number of hydrogen-bond acceptors (Lipinski definition) is 3. The molecule has 4 heteroatoms. The van der Waals surface area contributed by atoms with Gasteiger partial charge in [-0.15, -0.1) is 0 Å². The van der Waals surface area contributed by atoms with E-state index in [4.69, 9.17) is 0 Å². The Bertz CT molecular complexity index is 716. The first kappa shape index (κ1) is 12.4. The normalized spacial score (nSPS) is 10.8. The fourth-order valence-corrected chi connectivity index (χ4v) is 2.26. The predicted molar refractivity (Wildman–Crippen MR) is 71.3 cm³/mol. The number of aromatic hydroxyl groups is 1. The molecule has 2 N–H and O–H groups in total. The summed E-state index contributed by atoms with van der Waals surface area (Å²) < 4.78 is 0. The van der Waals surface area contributed by atoms with E-state index in [2.05, 4.69) is 4.98 Å². The van der Waals surface area contributed by atoms with Gasteiger partial charge in [-0.05, 0) is 30.0 Å². The summed E-state index contributed by atoms with van der Waals surface area (Å²) in [6.07, 6.45) is 1.54. The Hall–Kier alpha value is -2.10. The molecule has 1 aromatic heterocycles. The SMILES string of the molecule is CCc1ccc2[nH]c(=O)c(O)cc(=O)c2c1CC. The van der Waals surface area contributed by atoms with Gasteiger partial charge in [0.05, 0.1) is 5.52 Å². The average Bonchev–Trinajstić information content (AvgIpc) is 2.46. The molecule has 0 saturated carbocycles. The first-order valence-electron chi connectivity index (χ1n) is 5.99. The Labute approximate surface area is 104 Å². The van der Waals surface area contributed by atoms with Crippen molar-refractivity contribution in [1.82, 2.24) is 4.98 Å². The lowest BCUT2D eigenvalue weighted by molar-refractivity contribution is 0.468. The molecule has 0 aliphatic carbocycles. The number of aromatic amines is 1. The van der Waals surface area contributed by atoms with Crippen LogP contribution in [0.1, 0.15) is 25.0 Å². The molecule has 4 nitrogen and oxygen atoms in total. The van der Waals surface area contributed by atoms with E-state index in [9.17, 15) is 14.7 Å². The standard InChI is InChI=1S/C14H15NO3/c1-3-8-5-6-10-13(9(8)4-2)11(16)7-12(17)14(18)15-10/h5-7,17H,3-4H2,1-2H3,(H,15,18). The number of rotatable bonds is 2. The van der Waals surface area contributed by atoms with Crippen LogP contribution in [-0.2, 0) is 12.8 Å². The van der Waals surface area contributed by atoms with Crippen molar-refractivity contribution in [3.8, 4) is 5.75 Å². The van der Waals surface area contributed by atoms with E-state index in [1.807, 2.05) is 19.9 Å². The maximum atomic E-state index is 12.1. The van der Waals surface area contributed by atoms with Crippen LogP contribution in [0.3, 0.4) is 0 Å². The van der Waals surface area contributed by atoms with Crippen LogP contribution < -0.4 is 11.0 Å². The van der Waals surface area contributed by atoms with Crippen molar-refractivity contribution in [2.45, 2.75) is 26.7 Å². The van der Waals surface area contributed by atoms with Crippen molar-refractivity contribution in [3.05, 3.63) is 49.9 Å². The number of nitrogens with one attached hydrogen (secondary N) is 1. The highest BCUT2D eigenvalue weighted by Gasteiger charge is 2.09. The Morgan fingerprint density at radius 2 is 1.89 bits per heavy atom. The molecule has 0 saturated heterocycles. The molecule has 0 amide bonds. The molecule has 0 fully saturated rings. The molecule has 0 radical (unpaired) electrons. The largest absolute Gasteiger partial charge is 0.503 e. The molecule has 1 aromatic carbocycles. The summed E-state index contributed by atoms with van der Waals surface area (Å²) in [4.78, 5) is 26.1. The van der Waals surface area contributed by atoms with E-state index in [1.54, 1.807) is 6.07 Å². The van der Waals surface area contributed by atoms with Crippen LogP contribution in [-0.4, -0.2) is 10.1 Å². The van der Waals surface area contributed by atoms with Gasteiger partial charge in [-0.3, -0.25) is 9.59 Å². The second kappa shape index (κ2) is 4.64. The number of aromatic nitrogens is 1. The molecule has 18 heavy (non-hydrogen) atoms. The number of hydrogen-bond donors (Lipinski definition) is 2. The van der Waals surface area contributed by atoms with Crippen LogP contribution in [0.5, 0.6) is 5.75 Å². The van der Waals surface area contributed by atoms with Crippen LogP contribution >= 0.6 is 0 Å². The summed E-state index contributed by atoms with van der Waals surface area (Å²) in [5.74, 6) is -0.545. The molecule has 0 bridgehead atoms. The van der Waals surface area contributed by atoms with E-state index in [0.29, 0.717) is 17.3 Å². The minimum Gasteiger partial charge on any atom is -0.503 e. The fourth-order valence-electron chi connectivity index (χ4n) is 2.26. The van der Waals surface area contributed by atoms with Crippen LogP contribution in [0.15, 0.2) is 27.8 Å². The Balaban J connectivity index is 3.08. The van der Waals surface area contributed by atoms with Gasteiger partial charge in [0.2, 0.25) is 0 Å². The second-order valence-corrected chi connectivity index (χ2v) is 4.18. The van der Waals surface area contributed by atoms with Gasteiger partial charge in [0.15, 0.2) is 11.2 Å². The summed E-state index contributed by atoms with van der Waals surface area (Å²) in [6.45, 7) is 3.99. The topological polar surface area (TPSA) is 70.2 Å². The molecule has 0 unspecified atom stereocenters. The minimum atomic E-state index is -0.645. The van der Waals surface area contributed by atoms with Gasteiger partial charge in [-0.2, -0.15) is 0 Å². The van der Waals surface area contributed by atoms with Crippen molar-refractivity contribution in [2.75, 3.05) is 0 Å². The monoisotopic (exact) mass is 245 g/mol. The van der Waals surface area contributed by atoms with Crippen molar-refractivity contribution < 1.29 is 5.11 Å². The highest BCUT2D eigenvalue weighted by Crippen LogP contribution is 2.19. The van der Waals surface area contributed by atoms with E-state index in [1.165, 1.54) is 0 Å². The maximum Gasteiger partial charge on any atom is 0.290 e. The van der Waals surface area contributed by atoms with Gasteiger partial charge in [0, 0.05) is 11.5 Å². The first-order chi connectivity index (χ1) is 8.58. The molecule has 0 atom stereocenters. The summed E-state index contributed by atoms with van der Waals surface area (Å²) in [6, 6.07) is 4.61. The zero-order valence-electron chi connectivity index (χ0n) is 10.4. The van der Waals surface area contributed by atoms with Gasteiger partial charge in [0.25, 0.3) is 5.56 Å². The molecule has 94 valence electrons. The van der Waals surface area contributed by atoms with E-state index < -0.39 is 11.3 Å². The quantitative estimate of drug-likeness (QED) is 0.846. The number of benzene rings is 1. The van der Waals surface area contributed by atoms with Gasteiger partial charge in [-0.25, -0.2) is 0 Å². The summed E-state index contributed by atoms with van der Waals surface area (Å²) in [7, 11) is 0. The summed E-state index contributed by atoms with van der Waals surface area (Å²) in [5.41, 5.74) is 1.53. The molecule has 0 spiro atoms. The average molecular weight is 245 g/mol. The first-order valence-corrected chi connectivity index (χ1v) is 5.99. The van der Waals surface area contributed by atoms with Gasteiger partial charge in [0.1, 0.15) is 0 Å². The van der Waals surface area contributed by atoms with Crippen LogP contribution in [0.4, 0.5) is 0 Å². The predicted octanol–water partition coefficient (Wildman–Crippen LogP) is 1.72. The Morgan fingerprint density at radius 3 is 2.50 bits per heavy atom. The lowest BCUT2D eigenvalue weighted by Crippen LogP contribution is -2.03. The number of H-pyrrole nitrogens is 1. The Kier molecular flexibility index (Phi) is 3.19. The molecule has 0 aliphatic rings. The third-order valence-electron chi connectivity index (χ3n) is 3.14. The van der Waals surface area contributed by atoms with Crippen molar-refractivity contribution in [1.29, 1.82) is 0 Å². The highest BCUT2D eigenvalue weighted by atomic mass is 16.3. The number of aryl methyl sites for hydroxylation is 2. The smallest absolute Gasteiger partial charge is 0.290 e. The lowest BCUT2D eigenvalue weighted by Gasteiger charge is -2.07. The third-order valence-corrected chi connectivity index (χ3v) is 3.14. The molecule has 2 aromatic rings. The lowest BCUT2D eigenvalue weighted by atomic mass is 9.98. The second-order valence-electron chi connectivity index (χ2n) is 4.18. The minimum absolute atomic E-state index is 0.326. The number of fused-ring (bicyclic) bond motifs is 1.